The van der Waals surface area contributed by atoms with Crippen molar-refractivity contribution >= 4 is 17.7 Å². The van der Waals surface area contributed by atoms with Gasteiger partial charge in [-0.25, -0.2) is 0 Å². The van der Waals surface area contributed by atoms with E-state index in [2.05, 4.69) is 24.0 Å². The molecule has 0 aromatic heterocycles. The summed E-state index contributed by atoms with van der Waals surface area (Å²) in [6, 6.07) is 0. The van der Waals surface area contributed by atoms with Gasteiger partial charge in [-0.05, 0) is 45.6 Å². The number of esters is 1. The van der Waals surface area contributed by atoms with E-state index in [1.54, 1.807) is 0 Å². The third-order valence-corrected chi connectivity index (χ3v) is 6.23. The highest BCUT2D eigenvalue weighted by Gasteiger charge is 2.46. The topological polar surface area (TPSA) is 38.3 Å². The summed E-state index contributed by atoms with van der Waals surface area (Å²) in [4.78, 5) is 12.3. The number of nitrogens with one attached hydrogen (secondary N) is 1. The van der Waals surface area contributed by atoms with Crippen LogP contribution in [-0.4, -0.2) is 35.2 Å². The summed E-state index contributed by atoms with van der Waals surface area (Å²) >= 11 is 2.14. The normalized spacial score (nSPS) is 31.4. The van der Waals surface area contributed by atoms with Crippen LogP contribution < -0.4 is 5.32 Å². The van der Waals surface area contributed by atoms with Crippen LogP contribution in [0.3, 0.4) is 0 Å². The molecular weight excluding hydrogens is 270 g/mol. The van der Waals surface area contributed by atoms with Gasteiger partial charge in [-0.15, -0.1) is 0 Å². The van der Waals surface area contributed by atoms with Crippen molar-refractivity contribution in [3.05, 3.63) is 0 Å². The van der Waals surface area contributed by atoms with Gasteiger partial charge in [0.1, 0.15) is 5.54 Å². The van der Waals surface area contributed by atoms with Crippen molar-refractivity contribution in [1.82, 2.24) is 5.32 Å². The molecular formula is C16H29NO2S. The van der Waals surface area contributed by atoms with Crippen LogP contribution in [0.25, 0.3) is 0 Å². The molecule has 1 N–H and O–H groups in total. The lowest BCUT2D eigenvalue weighted by Gasteiger charge is -2.29. The van der Waals surface area contributed by atoms with Gasteiger partial charge in [-0.1, -0.05) is 26.2 Å². The number of hydrogen-bond donors (Lipinski definition) is 1. The first-order valence-electron chi connectivity index (χ1n) is 8.28. The van der Waals surface area contributed by atoms with Gasteiger partial charge in [0, 0.05) is 10.5 Å². The van der Waals surface area contributed by atoms with Gasteiger partial charge < -0.3 is 10.1 Å². The van der Waals surface area contributed by atoms with Gasteiger partial charge in [0.2, 0.25) is 0 Å². The zero-order valence-corrected chi connectivity index (χ0v) is 13.8. The van der Waals surface area contributed by atoms with E-state index in [0.717, 1.165) is 31.1 Å². The monoisotopic (exact) mass is 299 g/mol. The van der Waals surface area contributed by atoms with Crippen LogP contribution in [0.2, 0.25) is 0 Å². The Labute approximate surface area is 127 Å². The molecule has 0 spiro atoms. The molecule has 4 heteroatoms. The second-order valence-corrected chi connectivity index (χ2v) is 7.70. The van der Waals surface area contributed by atoms with E-state index in [-0.39, 0.29) is 5.97 Å². The number of hydrogen-bond acceptors (Lipinski definition) is 4. The Bertz CT molecular complexity index is 318. The number of ether oxygens (including phenoxy) is 1. The summed E-state index contributed by atoms with van der Waals surface area (Å²) in [6.07, 6.45) is 9.95. The summed E-state index contributed by atoms with van der Waals surface area (Å²) < 4.78 is 5.31. The van der Waals surface area contributed by atoms with Gasteiger partial charge in [0.05, 0.1) is 6.61 Å². The predicted molar refractivity (Wildman–Crippen MR) is 85.1 cm³/mol. The molecule has 116 valence electrons. The highest BCUT2D eigenvalue weighted by atomic mass is 32.2. The minimum absolute atomic E-state index is 0.0337. The van der Waals surface area contributed by atoms with Crippen molar-refractivity contribution in [2.75, 3.05) is 13.2 Å². The minimum Gasteiger partial charge on any atom is -0.465 e. The Kier molecular flexibility index (Phi) is 6.21. The Balaban J connectivity index is 1.90. The molecule has 0 bridgehead atoms. The van der Waals surface area contributed by atoms with Gasteiger partial charge in [0.25, 0.3) is 0 Å². The quantitative estimate of drug-likeness (QED) is 0.762. The molecule has 20 heavy (non-hydrogen) atoms. The smallest absolute Gasteiger partial charge is 0.326 e. The standard InChI is InChI=1S/C16H29NO2S/c1-3-17-16(15(18)19-4-2)11-10-14(12-16)20-13-8-6-5-7-9-13/h13-14,17H,3-12H2,1-2H3. The predicted octanol–water partition coefficient (Wildman–Crippen LogP) is 3.52. The summed E-state index contributed by atoms with van der Waals surface area (Å²) in [5.74, 6) is -0.0337. The van der Waals surface area contributed by atoms with Crippen molar-refractivity contribution < 1.29 is 9.53 Å². The molecule has 0 aliphatic heterocycles. The highest BCUT2D eigenvalue weighted by molar-refractivity contribution is 8.00. The van der Waals surface area contributed by atoms with Crippen molar-refractivity contribution in [1.29, 1.82) is 0 Å². The number of carbonyl (C=O) groups excluding carboxylic acids is 1. The number of thioether (sulfide) groups is 1. The molecule has 0 radical (unpaired) electrons. The fourth-order valence-corrected chi connectivity index (χ4v) is 5.40. The van der Waals surface area contributed by atoms with E-state index in [1.165, 1.54) is 32.1 Å². The first-order valence-corrected chi connectivity index (χ1v) is 9.22. The zero-order valence-electron chi connectivity index (χ0n) is 13.0. The average Bonchev–Trinajstić information content (AvgIpc) is 2.85. The number of likely N-dealkylation sites (N-methyl/N-ethyl adjacent to an activating group) is 1. The summed E-state index contributed by atoms with van der Waals surface area (Å²) in [5, 5.41) is 4.88. The second kappa shape index (κ2) is 7.69. The molecule has 2 unspecified atom stereocenters. The first-order chi connectivity index (χ1) is 9.70. The Morgan fingerprint density at radius 3 is 2.60 bits per heavy atom. The molecule has 0 aromatic rings. The van der Waals surface area contributed by atoms with E-state index >= 15 is 0 Å². The van der Waals surface area contributed by atoms with Crippen molar-refractivity contribution in [2.24, 2.45) is 0 Å². The van der Waals surface area contributed by atoms with Crippen molar-refractivity contribution in [2.45, 2.75) is 81.3 Å². The number of rotatable bonds is 6. The molecule has 0 heterocycles. The van der Waals surface area contributed by atoms with E-state index in [0.29, 0.717) is 11.9 Å². The minimum atomic E-state index is -0.406. The Morgan fingerprint density at radius 2 is 1.95 bits per heavy atom. The number of carbonyl (C=O) groups is 1. The lowest BCUT2D eigenvalue weighted by atomic mass is 9.98. The maximum Gasteiger partial charge on any atom is 0.326 e. The van der Waals surface area contributed by atoms with Gasteiger partial charge in [-0.3, -0.25) is 4.79 Å². The molecule has 2 saturated carbocycles. The summed E-state index contributed by atoms with van der Waals surface area (Å²) in [6.45, 7) is 5.27. The molecule has 2 aliphatic carbocycles. The third-order valence-electron chi connectivity index (χ3n) is 4.59. The molecule has 0 aromatic carbocycles. The molecule has 0 saturated heterocycles. The van der Waals surface area contributed by atoms with Crippen LogP contribution in [0.5, 0.6) is 0 Å². The lowest BCUT2D eigenvalue weighted by Crippen LogP contribution is -2.51. The van der Waals surface area contributed by atoms with Crippen LogP contribution in [0.4, 0.5) is 0 Å². The highest BCUT2D eigenvalue weighted by Crippen LogP contribution is 2.42. The molecule has 0 amide bonds. The van der Waals surface area contributed by atoms with Crippen LogP contribution in [0.15, 0.2) is 0 Å². The van der Waals surface area contributed by atoms with E-state index < -0.39 is 5.54 Å². The maximum absolute atomic E-state index is 12.3. The summed E-state index contributed by atoms with van der Waals surface area (Å²) in [7, 11) is 0. The lowest BCUT2D eigenvalue weighted by molar-refractivity contribution is -0.151. The molecule has 3 nitrogen and oxygen atoms in total. The maximum atomic E-state index is 12.3. The fraction of sp³-hybridized carbons (Fsp3) is 0.938. The Morgan fingerprint density at radius 1 is 1.20 bits per heavy atom. The largest absolute Gasteiger partial charge is 0.465 e. The van der Waals surface area contributed by atoms with Gasteiger partial charge in [-0.2, -0.15) is 11.8 Å². The van der Waals surface area contributed by atoms with Gasteiger partial charge >= 0.3 is 5.97 Å². The average molecular weight is 299 g/mol. The van der Waals surface area contributed by atoms with Crippen LogP contribution in [0.1, 0.15) is 65.2 Å². The SMILES string of the molecule is CCNC1(C(=O)OCC)CCC(SC2CCCCC2)C1. The van der Waals surface area contributed by atoms with E-state index in [4.69, 9.17) is 4.74 Å². The van der Waals surface area contributed by atoms with Crippen LogP contribution in [-0.2, 0) is 9.53 Å². The summed E-state index contributed by atoms with van der Waals surface area (Å²) in [5.41, 5.74) is -0.406. The molecule has 2 aliphatic rings. The molecule has 2 fully saturated rings. The molecule has 2 rings (SSSR count). The van der Waals surface area contributed by atoms with E-state index in [9.17, 15) is 4.79 Å². The van der Waals surface area contributed by atoms with Crippen LogP contribution in [0, 0.1) is 0 Å². The van der Waals surface area contributed by atoms with Gasteiger partial charge in [0.15, 0.2) is 0 Å². The zero-order chi connectivity index (χ0) is 14.4. The fourth-order valence-electron chi connectivity index (χ4n) is 3.62. The molecule has 2 atom stereocenters. The first kappa shape index (κ1) is 16.2. The van der Waals surface area contributed by atoms with Crippen molar-refractivity contribution in [3.63, 3.8) is 0 Å². The second-order valence-electron chi connectivity index (χ2n) is 6.09. The Hall–Kier alpha value is -0.220. The van der Waals surface area contributed by atoms with E-state index in [1.807, 2.05) is 6.92 Å². The third kappa shape index (κ3) is 3.91. The van der Waals surface area contributed by atoms with Crippen molar-refractivity contribution in [3.8, 4) is 0 Å². The van der Waals surface area contributed by atoms with Crippen LogP contribution >= 0.6 is 11.8 Å².